The Balaban J connectivity index is 1.79. The van der Waals surface area contributed by atoms with Gasteiger partial charge in [0.05, 0.1) is 0 Å². The minimum atomic E-state index is 0.0740. The molecule has 110 valence electrons. The van der Waals surface area contributed by atoms with Crippen LogP contribution in [0.2, 0.25) is 0 Å². The highest BCUT2D eigenvalue weighted by atomic mass is 16.1. The molecule has 1 aromatic rings. The molecule has 1 N–H and O–H groups in total. The number of carbonyl (C=O) groups is 1. The summed E-state index contributed by atoms with van der Waals surface area (Å²) in [6, 6.07) is 9.87. The summed E-state index contributed by atoms with van der Waals surface area (Å²) < 4.78 is 0. The van der Waals surface area contributed by atoms with E-state index in [0.29, 0.717) is 11.5 Å². The molecule has 1 aromatic carbocycles. The minimum Gasteiger partial charge on any atom is -0.349 e. The zero-order chi connectivity index (χ0) is 14.6. The maximum absolute atomic E-state index is 12.1. The van der Waals surface area contributed by atoms with Crippen LogP contribution in [0.15, 0.2) is 30.3 Å². The maximum Gasteiger partial charge on any atom is 0.251 e. The zero-order valence-corrected chi connectivity index (χ0v) is 13.0. The van der Waals surface area contributed by atoms with Crippen molar-refractivity contribution in [2.45, 2.75) is 58.9 Å². The minimum absolute atomic E-state index is 0.0740. The third kappa shape index (κ3) is 4.66. The molecule has 0 bridgehead atoms. The van der Waals surface area contributed by atoms with Crippen LogP contribution >= 0.6 is 0 Å². The first-order valence-corrected chi connectivity index (χ1v) is 7.80. The lowest BCUT2D eigenvalue weighted by Gasteiger charge is -2.33. The normalized spacial score (nSPS) is 23.4. The van der Waals surface area contributed by atoms with Crippen molar-refractivity contribution in [2.75, 3.05) is 0 Å². The van der Waals surface area contributed by atoms with E-state index >= 15 is 0 Å². The van der Waals surface area contributed by atoms with Crippen molar-refractivity contribution in [1.82, 2.24) is 5.32 Å². The molecule has 1 aliphatic rings. The molecule has 0 atom stereocenters. The molecule has 0 radical (unpaired) electrons. The Bertz CT molecular complexity index is 424. The van der Waals surface area contributed by atoms with E-state index in [0.717, 1.165) is 24.3 Å². The van der Waals surface area contributed by atoms with Crippen LogP contribution in [0.4, 0.5) is 0 Å². The van der Waals surface area contributed by atoms with Crippen molar-refractivity contribution in [3.05, 3.63) is 35.9 Å². The Morgan fingerprint density at radius 3 is 2.25 bits per heavy atom. The molecular formula is C18H27NO. The molecule has 0 spiro atoms. The second-order valence-corrected chi connectivity index (χ2v) is 7.32. The molecule has 1 fully saturated rings. The maximum atomic E-state index is 12.1. The molecule has 0 unspecified atom stereocenters. The Morgan fingerprint density at radius 1 is 1.10 bits per heavy atom. The first-order valence-electron chi connectivity index (χ1n) is 7.80. The van der Waals surface area contributed by atoms with Crippen LogP contribution in [0.5, 0.6) is 0 Å². The van der Waals surface area contributed by atoms with Gasteiger partial charge in [0.1, 0.15) is 0 Å². The highest BCUT2D eigenvalue weighted by Gasteiger charge is 2.25. The second-order valence-electron chi connectivity index (χ2n) is 7.32. The summed E-state index contributed by atoms with van der Waals surface area (Å²) >= 11 is 0. The predicted molar refractivity (Wildman–Crippen MR) is 83.7 cm³/mol. The Labute approximate surface area is 123 Å². The average molecular weight is 273 g/mol. The number of nitrogens with one attached hydrogen (secondary N) is 1. The lowest BCUT2D eigenvalue weighted by atomic mass is 9.76. The molecule has 0 heterocycles. The largest absolute Gasteiger partial charge is 0.349 e. The van der Waals surface area contributed by atoms with Gasteiger partial charge in [-0.3, -0.25) is 4.79 Å². The van der Waals surface area contributed by atoms with Gasteiger partial charge in [0, 0.05) is 11.6 Å². The first kappa shape index (κ1) is 15.1. The second kappa shape index (κ2) is 6.43. The fourth-order valence-corrected chi connectivity index (χ4v) is 3.24. The van der Waals surface area contributed by atoms with Gasteiger partial charge in [0.25, 0.3) is 5.91 Å². The number of amides is 1. The Hall–Kier alpha value is -1.31. The van der Waals surface area contributed by atoms with Crippen molar-refractivity contribution >= 4 is 5.91 Å². The summed E-state index contributed by atoms with van der Waals surface area (Å²) in [6.45, 7) is 6.95. The molecule has 0 aromatic heterocycles. The van der Waals surface area contributed by atoms with Gasteiger partial charge in [-0.05, 0) is 55.6 Å². The summed E-state index contributed by atoms with van der Waals surface area (Å²) in [5.41, 5.74) is 1.19. The lowest BCUT2D eigenvalue weighted by Crippen LogP contribution is -2.38. The molecule has 1 saturated carbocycles. The number of hydrogen-bond donors (Lipinski definition) is 1. The quantitative estimate of drug-likeness (QED) is 0.868. The standard InChI is InChI=1S/C18H27NO/c1-18(2,3)13-14-9-11-16(12-10-14)19-17(20)15-7-5-4-6-8-15/h4-8,14,16H,9-13H2,1-3H3,(H,19,20)/t14-,16-. The van der Waals surface area contributed by atoms with Crippen molar-refractivity contribution < 1.29 is 4.79 Å². The van der Waals surface area contributed by atoms with Crippen LogP contribution in [0.3, 0.4) is 0 Å². The third-order valence-corrected chi connectivity index (χ3v) is 4.12. The van der Waals surface area contributed by atoms with Gasteiger partial charge in [-0.25, -0.2) is 0 Å². The van der Waals surface area contributed by atoms with Crippen LogP contribution < -0.4 is 5.32 Å². The van der Waals surface area contributed by atoms with E-state index in [1.165, 1.54) is 19.3 Å². The van der Waals surface area contributed by atoms with E-state index in [9.17, 15) is 4.79 Å². The van der Waals surface area contributed by atoms with E-state index in [1.807, 2.05) is 30.3 Å². The van der Waals surface area contributed by atoms with E-state index < -0.39 is 0 Å². The smallest absolute Gasteiger partial charge is 0.251 e. The van der Waals surface area contributed by atoms with Gasteiger partial charge in [-0.15, -0.1) is 0 Å². The molecule has 2 rings (SSSR count). The predicted octanol–water partition coefficient (Wildman–Crippen LogP) is 4.41. The molecular weight excluding hydrogens is 246 g/mol. The summed E-state index contributed by atoms with van der Waals surface area (Å²) in [4.78, 5) is 12.1. The molecule has 1 amide bonds. The van der Waals surface area contributed by atoms with E-state index in [1.54, 1.807) is 0 Å². The topological polar surface area (TPSA) is 29.1 Å². The van der Waals surface area contributed by atoms with E-state index in [-0.39, 0.29) is 5.91 Å². The number of rotatable bonds is 3. The highest BCUT2D eigenvalue weighted by molar-refractivity contribution is 5.94. The monoisotopic (exact) mass is 273 g/mol. The van der Waals surface area contributed by atoms with Gasteiger partial charge in [0.2, 0.25) is 0 Å². The van der Waals surface area contributed by atoms with Crippen LogP contribution in [-0.4, -0.2) is 11.9 Å². The fraction of sp³-hybridized carbons (Fsp3) is 0.611. The molecule has 0 aliphatic heterocycles. The van der Waals surface area contributed by atoms with Gasteiger partial charge < -0.3 is 5.32 Å². The van der Waals surface area contributed by atoms with Crippen molar-refractivity contribution in [3.63, 3.8) is 0 Å². The van der Waals surface area contributed by atoms with Gasteiger partial charge in [0.15, 0.2) is 0 Å². The van der Waals surface area contributed by atoms with Gasteiger partial charge in [-0.2, -0.15) is 0 Å². The number of benzene rings is 1. The molecule has 2 nitrogen and oxygen atoms in total. The SMILES string of the molecule is CC(C)(C)C[C@H]1CC[C@H](NC(=O)c2ccccc2)CC1. The molecule has 1 aliphatic carbocycles. The number of hydrogen-bond acceptors (Lipinski definition) is 1. The van der Waals surface area contributed by atoms with Crippen LogP contribution in [0.25, 0.3) is 0 Å². The molecule has 0 saturated heterocycles. The van der Waals surface area contributed by atoms with Gasteiger partial charge in [-0.1, -0.05) is 39.0 Å². The number of carbonyl (C=O) groups excluding carboxylic acids is 1. The van der Waals surface area contributed by atoms with Crippen LogP contribution in [-0.2, 0) is 0 Å². The summed E-state index contributed by atoms with van der Waals surface area (Å²) in [7, 11) is 0. The fourth-order valence-electron chi connectivity index (χ4n) is 3.24. The van der Waals surface area contributed by atoms with Crippen LogP contribution in [0.1, 0.15) is 63.2 Å². The van der Waals surface area contributed by atoms with Crippen LogP contribution in [0, 0.1) is 11.3 Å². The summed E-state index contributed by atoms with van der Waals surface area (Å²) in [6.07, 6.45) is 6.04. The van der Waals surface area contributed by atoms with E-state index in [4.69, 9.17) is 0 Å². The zero-order valence-electron chi connectivity index (χ0n) is 13.0. The van der Waals surface area contributed by atoms with Gasteiger partial charge >= 0.3 is 0 Å². The average Bonchev–Trinajstić information content (AvgIpc) is 2.40. The lowest BCUT2D eigenvalue weighted by molar-refractivity contribution is 0.0917. The van der Waals surface area contributed by atoms with Crippen molar-refractivity contribution in [2.24, 2.45) is 11.3 Å². The highest BCUT2D eigenvalue weighted by Crippen LogP contribution is 2.34. The Morgan fingerprint density at radius 2 is 1.70 bits per heavy atom. The first-order chi connectivity index (χ1) is 9.44. The van der Waals surface area contributed by atoms with Crippen molar-refractivity contribution in [1.29, 1.82) is 0 Å². The Kier molecular flexibility index (Phi) is 4.85. The molecule has 2 heteroatoms. The third-order valence-electron chi connectivity index (χ3n) is 4.12. The summed E-state index contributed by atoms with van der Waals surface area (Å²) in [5, 5.41) is 3.18. The van der Waals surface area contributed by atoms with E-state index in [2.05, 4.69) is 26.1 Å². The summed E-state index contributed by atoms with van der Waals surface area (Å²) in [5.74, 6) is 0.907. The van der Waals surface area contributed by atoms with Crippen molar-refractivity contribution in [3.8, 4) is 0 Å². The molecule has 20 heavy (non-hydrogen) atoms.